The Morgan fingerprint density at radius 2 is 2.33 bits per heavy atom. The fourth-order valence-electron chi connectivity index (χ4n) is 2.14. The van der Waals surface area contributed by atoms with Gasteiger partial charge < -0.3 is 25.8 Å². The van der Waals surface area contributed by atoms with Gasteiger partial charge in [0.2, 0.25) is 0 Å². The van der Waals surface area contributed by atoms with Crippen molar-refractivity contribution in [1.82, 2.24) is 0 Å². The van der Waals surface area contributed by atoms with E-state index in [1.807, 2.05) is 0 Å². The molecule has 0 saturated carbocycles. The minimum Gasteiger partial charge on any atom is -0.482 e. The number of ether oxygens (including phenoxy) is 2. The molecule has 1 atom stereocenters. The van der Waals surface area contributed by atoms with Crippen LogP contribution in [-0.4, -0.2) is 31.8 Å². The molecule has 2 heterocycles. The molecule has 6 nitrogen and oxygen atoms in total. The van der Waals surface area contributed by atoms with Gasteiger partial charge in [0.05, 0.1) is 29.7 Å². The summed E-state index contributed by atoms with van der Waals surface area (Å²) in [7, 11) is 0. The molecule has 1 amide bonds. The topological polar surface area (TPSA) is 85.6 Å². The first-order chi connectivity index (χ1) is 8.72. The number of nitrogen functional groups attached to an aromatic ring is 1. The molecule has 2 aliphatic heterocycles. The molecule has 0 bridgehead atoms. The van der Waals surface area contributed by atoms with E-state index in [1.54, 1.807) is 12.1 Å². The Labute approximate surface area is 104 Å². The lowest BCUT2D eigenvalue weighted by molar-refractivity contribution is -0.118. The average molecular weight is 249 g/mol. The molecule has 0 spiro atoms. The minimum absolute atomic E-state index is 0.0374. The summed E-state index contributed by atoms with van der Waals surface area (Å²) in [5.41, 5.74) is 8.02. The number of amides is 1. The van der Waals surface area contributed by atoms with Crippen molar-refractivity contribution < 1.29 is 14.3 Å². The van der Waals surface area contributed by atoms with E-state index in [9.17, 15) is 4.79 Å². The van der Waals surface area contributed by atoms with E-state index in [2.05, 4.69) is 10.6 Å². The van der Waals surface area contributed by atoms with E-state index in [0.29, 0.717) is 23.7 Å². The summed E-state index contributed by atoms with van der Waals surface area (Å²) < 4.78 is 10.6. The van der Waals surface area contributed by atoms with Crippen LogP contribution in [0.3, 0.4) is 0 Å². The van der Waals surface area contributed by atoms with E-state index >= 15 is 0 Å². The monoisotopic (exact) mass is 249 g/mol. The van der Waals surface area contributed by atoms with E-state index in [-0.39, 0.29) is 18.6 Å². The van der Waals surface area contributed by atoms with Gasteiger partial charge in [-0.2, -0.15) is 0 Å². The predicted molar refractivity (Wildman–Crippen MR) is 67.8 cm³/mol. The number of anilines is 3. The number of hydrogen-bond donors (Lipinski definition) is 3. The lowest BCUT2D eigenvalue weighted by atomic mass is 10.1. The Balaban J connectivity index is 1.85. The Morgan fingerprint density at radius 3 is 3.11 bits per heavy atom. The molecule has 1 saturated heterocycles. The van der Waals surface area contributed by atoms with Crippen LogP contribution < -0.4 is 21.1 Å². The molecular formula is C12H15N3O3. The van der Waals surface area contributed by atoms with Gasteiger partial charge in [-0.1, -0.05) is 0 Å². The highest BCUT2D eigenvalue weighted by Crippen LogP contribution is 2.35. The summed E-state index contributed by atoms with van der Waals surface area (Å²) in [6.45, 7) is 1.48. The number of fused-ring (bicyclic) bond motifs is 1. The van der Waals surface area contributed by atoms with Crippen LogP contribution in [0.25, 0.3) is 0 Å². The number of carbonyl (C=O) groups excluding carboxylic acids is 1. The van der Waals surface area contributed by atoms with Crippen LogP contribution in [0.1, 0.15) is 6.42 Å². The summed E-state index contributed by atoms with van der Waals surface area (Å²) in [5, 5.41) is 6.08. The smallest absolute Gasteiger partial charge is 0.262 e. The van der Waals surface area contributed by atoms with Gasteiger partial charge in [-0.3, -0.25) is 4.79 Å². The number of hydrogen-bond acceptors (Lipinski definition) is 5. The SMILES string of the molecule is Nc1cc2c(cc1NC1CCOC1)NC(=O)CO2. The van der Waals surface area contributed by atoms with Crippen molar-refractivity contribution in [3.63, 3.8) is 0 Å². The second-order valence-corrected chi connectivity index (χ2v) is 4.48. The summed E-state index contributed by atoms with van der Waals surface area (Å²) in [6.07, 6.45) is 0.958. The van der Waals surface area contributed by atoms with E-state index in [1.165, 1.54) is 0 Å². The molecule has 1 fully saturated rings. The normalized spacial score (nSPS) is 22.0. The second kappa shape index (κ2) is 4.38. The fourth-order valence-corrected chi connectivity index (χ4v) is 2.14. The van der Waals surface area contributed by atoms with Gasteiger partial charge in [0.1, 0.15) is 5.75 Å². The van der Waals surface area contributed by atoms with E-state index < -0.39 is 0 Å². The highest BCUT2D eigenvalue weighted by Gasteiger charge is 2.20. The molecule has 0 aromatic heterocycles. The summed E-state index contributed by atoms with van der Waals surface area (Å²) in [5.74, 6) is 0.461. The van der Waals surface area contributed by atoms with Crippen LogP contribution in [0.5, 0.6) is 5.75 Å². The Kier molecular flexibility index (Phi) is 2.71. The first-order valence-electron chi connectivity index (χ1n) is 5.93. The third-order valence-corrected chi connectivity index (χ3v) is 3.07. The highest BCUT2D eigenvalue weighted by atomic mass is 16.5. The fraction of sp³-hybridized carbons (Fsp3) is 0.417. The van der Waals surface area contributed by atoms with Crippen LogP contribution in [-0.2, 0) is 9.53 Å². The van der Waals surface area contributed by atoms with Crippen molar-refractivity contribution in [1.29, 1.82) is 0 Å². The molecule has 1 unspecified atom stereocenters. The molecule has 0 aliphatic carbocycles. The molecule has 96 valence electrons. The molecule has 2 aliphatic rings. The second-order valence-electron chi connectivity index (χ2n) is 4.48. The number of nitrogens with one attached hydrogen (secondary N) is 2. The lowest BCUT2D eigenvalue weighted by Crippen LogP contribution is -2.26. The van der Waals surface area contributed by atoms with Crippen LogP contribution in [0, 0.1) is 0 Å². The van der Waals surface area contributed by atoms with Gasteiger partial charge in [-0.15, -0.1) is 0 Å². The zero-order valence-electron chi connectivity index (χ0n) is 9.86. The third kappa shape index (κ3) is 2.06. The number of carbonyl (C=O) groups is 1. The molecule has 6 heteroatoms. The zero-order chi connectivity index (χ0) is 12.5. The largest absolute Gasteiger partial charge is 0.482 e. The first kappa shape index (κ1) is 11.2. The average Bonchev–Trinajstić information content (AvgIpc) is 2.83. The Bertz CT molecular complexity index is 484. The van der Waals surface area contributed by atoms with Crippen molar-refractivity contribution in [2.24, 2.45) is 0 Å². The Hall–Kier alpha value is -1.95. The van der Waals surface area contributed by atoms with Gasteiger partial charge >= 0.3 is 0 Å². The van der Waals surface area contributed by atoms with Crippen molar-refractivity contribution in [2.75, 3.05) is 36.2 Å². The molecular weight excluding hydrogens is 234 g/mol. The van der Waals surface area contributed by atoms with Crippen molar-refractivity contribution >= 4 is 23.0 Å². The molecule has 4 N–H and O–H groups in total. The van der Waals surface area contributed by atoms with Crippen LogP contribution in [0.4, 0.5) is 17.1 Å². The predicted octanol–water partition coefficient (Wildman–Crippen LogP) is 0.800. The lowest BCUT2D eigenvalue weighted by Gasteiger charge is -2.21. The van der Waals surface area contributed by atoms with Gasteiger partial charge in [0.15, 0.2) is 6.61 Å². The number of benzene rings is 1. The van der Waals surface area contributed by atoms with Crippen molar-refractivity contribution in [2.45, 2.75) is 12.5 Å². The number of nitrogens with two attached hydrogens (primary N) is 1. The first-order valence-corrected chi connectivity index (χ1v) is 5.93. The Morgan fingerprint density at radius 1 is 1.44 bits per heavy atom. The van der Waals surface area contributed by atoms with Gasteiger partial charge in [-0.05, 0) is 12.5 Å². The van der Waals surface area contributed by atoms with Crippen LogP contribution in [0.2, 0.25) is 0 Å². The summed E-state index contributed by atoms with van der Waals surface area (Å²) in [6, 6.07) is 3.80. The minimum atomic E-state index is -0.151. The zero-order valence-corrected chi connectivity index (χ0v) is 9.86. The van der Waals surface area contributed by atoms with E-state index in [4.69, 9.17) is 15.2 Å². The molecule has 3 rings (SSSR count). The maximum absolute atomic E-state index is 11.3. The van der Waals surface area contributed by atoms with Crippen LogP contribution >= 0.6 is 0 Å². The van der Waals surface area contributed by atoms with E-state index in [0.717, 1.165) is 18.7 Å². The maximum Gasteiger partial charge on any atom is 0.262 e. The maximum atomic E-state index is 11.3. The standard InChI is InChI=1S/C12H15N3O3/c13-8-3-11-10(15-12(16)6-18-11)4-9(8)14-7-1-2-17-5-7/h3-4,7,14H,1-2,5-6,13H2,(H,15,16). The number of rotatable bonds is 2. The van der Waals surface area contributed by atoms with Crippen molar-refractivity contribution in [3.8, 4) is 5.75 Å². The third-order valence-electron chi connectivity index (χ3n) is 3.07. The quantitative estimate of drug-likeness (QED) is 0.675. The van der Waals surface area contributed by atoms with Crippen molar-refractivity contribution in [3.05, 3.63) is 12.1 Å². The summed E-state index contributed by atoms with van der Waals surface area (Å²) >= 11 is 0. The van der Waals surface area contributed by atoms with Gasteiger partial charge in [0.25, 0.3) is 5.91 Å². The molecule has 18 heavy (non-hydrogen) atoms. The molecule has 1 aromatic rings. The van der Waals surface area contributed by atoms with Gasteiger partial charge in [0, 0.05) is 12.7 Å². The molecule has 0 radical (unpaired) electrons. The molecule has 1 aromatic carbocycles. The highest BCUT2D eigenvalue weighted by molar-refractivity contribution is 5.97. The van der Waals surface area contributed by atoms with Crippen LogP contribution in [0.15, 0.2) is 12.1 Å². The summed E-state index contributed by atoms with van der Waals surface area (Å²) in [4.78, 5) is 11.3. The van der Waals surface area contributed by atoms with Gasteiger partial charge in [-0.25, -0.2) is 0 Å².